The van der Waals surface area contributed by atoms with E-state index in [1.807, 2.05) is 36.4 Å². The van der Waals surface area contributed by atoms with E-state index in [1.165, 1.54) is 4.68 Å². The van der Waals surface area contributed by atoms with E-state index in [0.717, 1.165) is 5.56 Å². The van der Waals surface area contributed by atoms with Gasteiger partial charge in [0.2, 0.25) is 6.17 Å². The number of para-hydroxylation sites is 1. The van der Waals surface area contributed by atoms with Gasteiger partial charge in [-0.25, -0.2) is 14.3 Å². The first kappa shape index (κ1) is 17.4. The van der Waals surface area contributed by atoms with Crippen molar-refractivity contribution in [1.82, 2.24) is 20.3 Å². The van der Waals surface area contributed by atoms with Crippen molar-refractivity contribution in [3.8, 4) is 0 Å². The standard InChI is InChI=1S/C18H18N4O4/c1-2-25-17(23)16(22-15-11-7-6-10-14(15)20-21-22)19-18(24)26-12-13-8-4-3-5-9-13/h3-11,16H,2,12H2,1H3,(H,19,24). The fraction of sp³-hybridized carbons (Fsp3) is 0.222. The molecule has 1 unspecified atom stereocenters. The molecule has 0 saturated heterocycles. The first-order valence-corrected chi connectivity index (χ1v) is 8.13. The SMILES string of the molecule is CCOC(=O)C(NC(=O)OCc1ccccc1)n1nnc2ccccc21. The largest absolute Gasteiger partial charge is 0.463 e. The smallest absolute Gasteiger partial charge is 0.409 e. The number of alkyl carbamates (subject to hydrolysis) is 1. The van der Waals surface area contributed by atoms with Crippen LogP contribution in [-0.4, -0.2) is 33.7 Å². The molecular formula is C18H18N4O4. The number of hydrogen-bond acceptors (Lipinski definition) is 6. The van der Waals surface area contributed by atoms with Gasteiger partial charge in [0.25, 0.3) is 0 Å². The van der Waals surface area contributed by atoms with Crippen molar-refractivity contribution in [3.63, 3.8) is 0 Å². The minimum Gasteiger partial charge on any atom is -0.463 e. The second kappa shape index (κ2) is 8.11. The maximum absolute atomic E-state index is 12.3. The van der Waals surface area contributed by atoms with Gasteiger partial charge < -0.3 is 9.47 Å². The van der Waals surface area contributed by atoms with Crippen molar-refractivity contribution in [2.24, 2.45) is 0 Å². The molecule has 0 aliphatic carbocycles. The Balaban J connectivity index is 1.76. The van der Waals surface area contributed by atoms with Crippen molar-refractivity contribution in [1.29, 1.82) is 0 Å². The maximum atomic E-state index is 12.3. The number of amides is 1. The van der Waals surface area contributed by atoms with Gasteiger partial charge in [0.05, 0.1) is 12.1 Å². The van der Waals surface area contributed by atoms with E-state index in [1.54, 1.807) is 25.1 Å². The Labute approximate surface area is 149 Å². The Kier molecular flexibility index (Phi) is 5.43. The van der Waals surface area contributed by atoms with E-state index in [4.69, 9.17) is 9.47 Å². The molecule has 0 bridgehead atoms. The molecule has 3 aromatic rings. The fourth-order valence-electron chi connectivity index (χ4n) is 2.40. The Bertz CT molecular complexity index is 894. The summed E-state index contributed by atoms with van der Waals surface area (Å²) in [7, 11) is 0. The molecule has 1 aromatic heterocycles. The van der Waals surface area contributed by atoms with E-state index in [-0.39, 0.29) is 13.2 Å². The number of fused-ring (bicyclic) bond motifs is 1. The molecule has 0 aliphatic heterocycles. The fourth-order valence-corrected chi connectivity index (χ4v) is 2.40. The van der Waals surface area contributed by atoms with E-state index in [0.29, 0.717) is 11.0 Å². The van der Waals surface area contributed by atoms with Crippen LogP contribution in [-0.2, 0) is 20.9 Å². The second-order valence-corrected chi connectivity index (χ2v) is 5.38. The first-order chi connectivity index (χ1) is 12.7. The van der Waals surface area contributed by atoms with Crippen LogP contribution in [0.15, 0.2) is 54.6 Å². The number of hydrogen-bond donors (Lipinski definition) is 1. The molecule has 1 heterocycles. The number of rotatable bonds is 6. The van der Waals surface area contributed by atoms with Gasteiger partial charge in [-0.1, -0.05) is 47.7 Å². The number of carbonyl (C=O) groups excluding carboxylic acids is 2. The van der Waals surface area contributed by atoms with Crippen LogP contribution >= 0.6 is 0 Å². The van der Waals surface area contributed by atoms with Gasteiger partial charge in [0, 0.05) is 0 Å². The van der Waals surface area contributed by atoms with Gasteiger partial charge in [0.15, 0.2) is 0 Å². The zero-order chi connectivity index (χ0) is 18.4. The summed E-state index contributed by atoms with van der Waals surface area (Å²) in [5.41, 5.74) is 2.02. The summed E-state index contributed by atoms with van der Waals surface area (Å²) in [5, 5.41) is 10.5. The second-order valence-electron chi connectivity index (χ2n) is 5.38. The molecule has 1 N–H and O–H groups in total. The average molecular weight is 354 g/mol. The predicted octanol–water partition coefficient (Wildman–Crippen LogP) is 2.42. The van der Waals surface area contributed by atoms with Crippen LogP contribution in [0.3, 0.4) is 0 Å². The zero-order valence-electron chi connectivity index (χ0n) is 14.2. The summed E-state index contributed by atoms with van der Waals surface area (Å²) in [6, 6.07) is 16.3. The maximum Gasteiger partial charge on any atom is 0.409 e. The van der Waals surface area contributed by atoms with E-state index in [2.05, 4.69) is 15.6 Å². The number of nitrogens with one attached hydrogen (secondary N) is 1. The number of aromatic nitrogens is 3. The van der Waals surface area contributed by atoms with E-state index in [9.17, 15) is 9.59 Å². The molecule has 3 rings (SSSR count). The topological polar surface area (TPSA) is 95.3 Å². The molecule has 0 fully saturated rings. The van der Waals surface area contributed by atoms with Gasteiger partial charge >= 0.3 is 12.1 Å². The van der Waals surface area contributed by atoms with Crippen LogP contribution in [0.5, 0.6) is 0 Å². The molecule has 8 nitrogen and oxygen atoms in total. The van der Waals surface area contributed by atoms with Crippen LogP contribution in [0.4, 0.5) is 4.79 Å². The van der Waals surface area contributed by atoms with Crippen molar-refractivity contribution in [3.05, 3.63) is 60.2 Å². The Morgan fingerprint density at radius 3 is 2.58 bits per heavy atom. The summed E-state index contributed by atoms with van der Waals surface area (Å²) in [4.78, 5) is 24.5. The normalized spacial score (nSPS) is 11.7. The molecule has 2 aromatic carbocycles. The van der Waals surface area contributed by atoms with Gasteiger partial charge in [-0.05, 0) is 24.6 Å². The van der Waals surface area contributed by atoms with Crippen LogP contribution in [0, 0.1) is 0 Å². The third kappa shape index (κ3) is 3.97. The van der Waals surface area contributed by atoms with Gasteiger partial charge in [-0.2, -0.15) is 0 Å². The van der Waals surface area contributed by atoms with E-state index < -0.39 is 18.2 Å². The summed E-state index contributed by atoms with van der Waals surface area (Å²) in [6.45, 7) is 1.94. The highest BCUT2D eigenvalue weighted by atomic mass is 16.6. The summed E-state index contributed by atoms with van der Waals surface area (Å²) in [5.74, 6) is -0.653. The molecule has 1 amide bonds. The monoisotopic (exact) mass is 354 g/mol. The van der Waals surface area contributed by atoms with Crippen LogP contribution in [0.25, 0.3) is 11.0 Å². The highest BCUT2D eigenvalue weighted by molar-refractivity contribution is 5.82. The van der Waals surface area contributed by atoms with Gasteiger partial charge in [0.1, 0.15) is 12.1 Å². The summed E-state index contributed by atoms with van der Waals surface area (Å²) in [6.07, 6.45) is -1.93. The van der Waals surface area contributed by atoms with Crippen LogP contribution < -0.4 is 5.32 Å². The number of carbonyl (C=O) groups is 2. The molecule has 0 radical (unpaired) electrons. The molecule has 26 heavy (non-hydrogen) atoms. The van der Waals surface area contributed by atoms with Gasteiger partial charge in [-0.15, -0.1) is 5.10 Å². The molecule has 0 saturated carbocycles. The van der Waals surface area contributed by atoms with Crippen molar-refractivity contribution < 1.29 is 19.1 Å². The molecular weight excluding hydrogens is 336 g/mol. The predicted molar refractivity (Wildman–Crippen MR) is 93.0 cm³/mol. The minimum atomic E-state index is -1.18. The number of nitrogens with zero attached hydrogens (tertiary/aromatic N) is 3. The molecule has 1 atom stereocenters. The molecule has 8 heteroatoms. The quantitative estimate of drug-likeness (QED) is 0.683. The van der Waals surface area contributed by atoms with Crippen LogP contribution in [0.2, 0.25) is 0 Å². The summed E-state index contributed by atoms with van der Waals surface area (Å²) >= 11 is 0. The van der Waals surface area contributed by atoms with Gasteiger partial charge in [-0.3, -0.25) is 5.32 Å². The molecule has 0 spiro atoms. The van der Waals surface area contributed by atoms with Crippen molar-refractivity contribution in [2.45, 2.75) is 19.7 Å². The van der Waals surface area contributed by atoms with Crippen molar-refractivity contribution >= 4 is 23.1 Å². The minimum absolute atomic E-state index is 0.0837. The van der Waals surface area contributed by atoms with E-state index >= 15 is 0 Å². The Hall–Kier alpha value is -3.42. The molecule has 134 valence electrons. The van der Waals surface area contributed by atoms with Crippen LogP contribution in [0.1, 0.15) is 18.7 Å². The first-order valence-electron chi connectivity index (χ1n) is 8.13. The lowest BCUT2D eigenvalue weighted by atomic mass is 10.2. The Morgan fingerprint density at radius 2 is 1.81 bits per heavy atom. The lowest BCUT2D eigenvalue weighted by molar-refractivity contribution is -0.148. The highest BCUT2D eigenvalue weighted by Gasteiger charge is 2.27. The zero-order valence-corrected chi connectivity index (χ0v) is 14.2. The molecule has 0 aliphatic rings. The number of ether oxygens (including phenoxy) is 2. The third-order valence-corrected chi connectivity index (χ3v) is 3.60. The summed E-state index contributed by atoms with van der Waals surface area (Å²) < 4.78 is 11.5. The third-order valence-electron chi connectivity index (χ3n) is 3.60. The lowest BCUT2D eigenvalue weighted by Gasteiger charge is -2.17. The lowest BCUT2D eigenvalue weighted by Crippen LogP contribution is -2.39. The number of esters is 1. The number of benzene rings is 2. The highest BCUT2D eigenvalue weighted by Crippen LogP contribution is 2.15. The average Bonchev–Trinajstić information content (AvgIpc) is 3.09. The Morgan fingerprint density at radius 1 is 1.08 bits per heavy atom. The van der Waals surface area contributed by atoms with Crippen molar-refractivity contribution in [2.75, 3.05) is 6.61 Å².